The number of hydrogen-bond acceptors (Lipinski definition) is 7. The van der Waals surface area contributed by atoms with E-state index in [1.54, 1.807) is 12.1 Å². The van der Waals surface area contributed by atoms with Crippen molar-refractivity contribution < 1.29 is 36.0 Å². The summed E-state index contributed by atoms with van der Waals surface area (Å²) in [5.41, 5.74) is -6.46. The van der Waals surface area contributed by atoms with E-state index in [4.69, 9.17) is 4.74 Å². The molecule has 0 bridgehead atoms. The first kappa shape index (κ1) is 22.2. The zero-order valence-electron chi connectivity index (χ0n) is 13.5. The van der Waals surface area contributed by atoms with Gasteiger partial charge >= 0.3 is 11.5 Å². The van der Waals surface area contributed by atoms with Crippen LogP contribution >= 0.6 is 27.7 Å². The number of sulfone groups is 1. The predicted octanol–water partition coefficient (Wildman–Crippen LogP) is 4.35. The lowest BCUT2D eigenvalue weighted by atomic mass is 10.3. The van der Waals surface area contributed by atoms with Crippen molar-refractivity contribution in [3.8, 4) is 5.75 Å². The summed E-state index contributed by atoms with van der Waals surface area (Å²) >= 11 is 3.84. The SMILES string of the molecule is O=C(CSc1ccc(S(=O)(=O)C(F)(F)F)cc1[N+](=O)[O-])Oc1ccc(Br)cc1. The fourth-order valence-corrected chi connectivity index (χ4v) is 3.69. The van der Waals surface area contributed by atoms with Crippen molar-refractivity contribution in [1.82, 2.24) is 0 Å². The second-order valence-electron chi connectivity index (χ2n) is 5.05. The van der Waals surface area contributed by atoms with Gasteiger partial charge in [0.2, 0.25) is 0 Å². The molecule has 0 saturated heterocycles. The van der Waals surface area contributed by atoms with Gasteiger partial charge in [-0.25, -0.2) is 8.42 Å². The van der Waals surface area contributed by atoms with Gasteiger partial charge in [-0.05, 0) is 36.4 Å². The molecule has 0 heterocycles. The Morgan fingerprint density at radius 2 is 1.79 bits per heavy atom. The van der Waals surface area contributed by atoms with Crippen LogP contribution in [0, 0.1) is 10.1 Å². The second kappa shape index (κ2) is 8.49. The quantitative estimate of drug-likeness (QED) is 0.191. The van der Waals surface area contributed by atoms with Crippen LogP contribution in [0.15, 0.2) is 56.7 Å². The minimum Gasteiger partial charge on any atom is -0.426 e. The van der Waals surface area contributed by atoms with Crippen molar-refractivity contribution in [2.24, 2.45) is 0 Å². The van der Waals surface area contributed by atoms with Gasteiger partial charge in [0.05, 0.1) is 20.5 Å². The number of ether oxygens (including phenoxy) is 1. The maximum Gasteiger partial charge on any atom is 0.501 e. The van der Waals surface area contributed by atoms with Crippen molar-refractivity contribution in [3.63, 3.8) is 0 Å². The summed E-state index contributed by atoms with van der Waals surface area (Å²) in [4.78, 5) is 20.5. The highest BCUT2D eigenvalue weighted by molar-refractivity contribution is 9.10. The van der Waals surface area contributed by atoms with Gasteiger partial charge in [-0.15, -0.1) is 11.8 Å². The van der Waals surface area contributed by atoms with Gasteiger partial charge in [0.15, 0.2) is 0 Å². The number of thioether (sulfide) groups is 1. The van der Waals surface area contributed by atoms with Crippen molar-refractivity contribution >= 4 is 49.2 Å². The molecule has 0 aromatic heterocycles. The van der Waals surface area contributed by atoms with Crippen LogP contribution < -0.4 is 4.74 Å². The first-order chi connectivity index (χ1) is 12.9. The highest BCUT2D eigenvalue weighted by atomic mass is 79.9. The molecule has 0 amide bonds. The minimum atomic E-state index is -5.73. The molecule has 0 unspecified atom stereocenters. The number of hydrogen-bond donors (Lipinski definition) is 0. The second-order valence-corrected chi connectivity index (χ2v) is 8.93. The molecule has 2 aromatic rings. The zero-order chi connectivity index (χ0) is 21.1. The summed E-state index contributed by atoms with van der Waals surface area (Å²) in [7, 11) is -5.73. The molecule has 0 spiro atoms. The summed E-state index contributed by atoms with van der Waals surface area (Å²) in [5.74, 6) is -0.911. The monoisotopic (exact) mass is 499 g/mol. The molecule has 2 rings (SSSR count). The first-order valence-electron chi connectivity index (χ1n) is 7.10. The zero-order valence-corrected chi connectivity index (χ0v) is 16.7. The fraction of sp³-hybridized carbons (Fsp3) is 0.133. The van der Waals surface area contributed by atoms with Crippen molar-refractivity contribution in [2.75, 3.05) is 5.75 Å². The van der Waals surface area contributed by atoms with Crippen LogP contribution in [0.2, 0.25) is 0 Å². The summed E-state index contributed by atoms with van der Waals surface area (Å²) in [6.45, 7) is 0. The number of carbonyl (C=O) groups is 1. The molecule has 13 heteroatoms. The number of nitro groups is 1. The Morgan fingerprint density at radius 1 is 1.18 bits per heavy atom. The van der Waals surface area contributed by atoms with Gasteiger partial charge in [0, 0.05) is 10.5 Å². The van der Waals surface area contributed by atoms with Crippen molar-refractivity contribution in [1.29, 1.82) is 0 Å². The summed E-state index contributed by atoms with van der Waals surface area (Å²) in [6.07, 6.45) is 0. The lowest BCUT2D eigenvalue weighted by molar-refractivity contribution is -0.388. The molecule has 0 aliphatic carbocycles. The van der Waals surface area contributed by atoms with Crippen LogP contribution in [0.4, 0.5) is 18.9 Å². The van der Waals surface area contributed by atoms with E-state index in [2.05, 4.69) is 15.9 Å². The first-order valence-corrected chi connectivity index (χ1v) is 10.4. The van der Waals surface area contributed by atoms with E-state index < -0.39 is 36.8 Å². The lowest BCUT2D eigenvalue weighted by Gasteiger charge is -2.09. The van der Waals surface area contributed by atoms with E-state index >= 15 is 0 Å². The van der Waals surface area contributed by atoms with Crippen LogP contribution in [0.25, 0.3) is 0 Å². The number of nitro benzene ring substituents is 1. The summed E-state index contributed by atoms with van der Waals surface area (Å²) in [5, 5.41) is 11.1. The van der Waals surface area contributed by atoms with Gasteiger partial charge in [0.25, 0.3) is 15.5 Å². The fourth-order valence-electron chi connectivity index (χ4n) is 1.86. The van der Waals surface area contributed by atoms with Crippen molar-refractivity contribution in [2.45, 2.75) is 15.3 Å². The highest BCUT2D eigenvalue weighted by Gasteiger charge is 2.47. The van der Waals surface area contributed by atoms with E-state index in [0.717, 1.165) is 10.5 Å². The molecule has 150 valence electrons. The van der Waals surface area contributed by atoms with Crippen LogP contribution in [-0.4, -0.2) is 30.6 Å². The molecule has 0 N–H and O–H groups in total. The molecule has 0 fully saturated rings. The Kier molecular flexibility index (Phi) is 6.72. The van der Waals surface area contributed by atoms with E-state index in [-0.39, 0.29) is 16.4 Å². The number of rotatable bonds is 6. The van der Waals surface area contributed by atoms with E-state index in [0.29, 0.717) is 23.9 Å². The maximum atomic E-state index is 12.6. The molecule has 28 heavy (non-hydrogen) atoms. The molecule has 0 radical (unpaired) electrons. The smallest absolute Gasteiger partial charge is 0.426 e. The Bertz CT molecular complexity index is 1010. The Labute approximate surface area is 169 Å². The predicted molar refractivity (Wildman–Crippen MR) is 96.8 cm³/mol. The lowest BCUT2D eigenvalue weighted by Crippen LogP contribution is -2.23. The number of esters is 1. The molecule has 0 saturated carbocycles. The molecular weight excluding hydrogens is 491 g/mol. The third-order valence-electron chi connectivity index (χ3n) is 3.13. The average molecular weight is 500 g/mol. The van der Waals surface area contributed by atoms with Gasteiger partial charge in [0.1, 0.15) is 5.75 Å². The standard InChI is InChI=1S/C15H9BrF3NO6S2/c16-9-1-3-10(4-2-9)26-14(21)8-27-13-6-5-11(7-12(13)20(22)23)28(24,25)15(17,18)19/h1-7H,8H2. The third kappa shape index (κ3) is 5.23. The molecule has 2 aromatic carbocycles. The highest BCUT2D eigenvalue weighted by Crippen LogP contribution is 2.36. The summed E-state index contributed by atoms with van der Waals surface area (Å²) in [6, 6.07) is 8.01. The Hall–Kier alpha value is -2.12. The van der Waals surface area contributed by atoms with E-state index in [9.17, 15) is 36.5 Å². The Morgan fingerprint density at radius 3 is 2.32 bits per heavy atom. The van der Waals surface area contributed by atoms with Crippen molar-refractivity contribution in [3.05, 3.63) is 57.1 Å². The summed E-state index contributed by atoms with van der Waals surface area (Å²) < 4.78 is 66.4. The minimum absolute atomic E-state index is 0.182. The molecule has 0 atom stereocenters. The number of nitrogens with zero attached hydrogens (tertiary/aromatic N) is 1. The van der Waals surface area contributed by atoms with Crippen LogP contribution in [-0.2, 0) is 14.6 Å². The van der Waals surface area contributed by atoms with Gasteiger partial charge in [-0.3, -0.25) is 14.9 Å². The number of benzene rings is 2. The number of carbonyl (C=O) groups excluding carboxylic acids is 1. The topological polar surface area (TPSA) is 104 Å². The van der Waals surface area contributed by atoms with Gasteiger partial charge in [-0.1, -0.05) is 15.9 Å². The normalized spacial score (nSPS) is 11.9. The van der Waals surface area contributed by atoms with Crippen LogP contribution in [0.3, 0.4) is 0 Å². The van der Waals surface area contributed by atoms with E-state index in [1.165, 1.54) is 12.1 Å². The molecule has 7 nitrogen and oxygen atoms in total. The number of halogens is 4. The van der Waals surface area contributed by atoms with Gasteiger partial charge in [-0.2, -0.15) is 13.2 Å². The Balaban J connectivity index is 2.18. The molecular formula is C15H9BrF3NO6S2. The molecule has 0 aliphatic heterocycles. The van der Waals surface area contributed by atoms with Crippen LogP contribution in [0.5, 0.6) is 5.75 Å². The number of alkyl halides is 3. The average Bonchev–Trinajstić information content (AvgIpc) is 2.60. The molecule has 0 aliphatic rings. The largest absolute Gasteiger partial charge is 0.501 e. The van der Waals surface area contributed by atoms with Crippen LogP contribution in [0.1, 0.15) is 0 Å². The van der Waals surface area contributed by atoms with Gasteiger partial charge < -0.3 is 4.74 Å². The van der Waals surface area contributed by atoms with E-state index in [1.807, 2.05) is 0 Å². The maximum absolute atomic E-state index is 12.6. The third-order valence-corrected chi connectivity index (χ3v) is 6.18.